The van der Waals surface area contributed by atoms with E-state index in [1.807, 2.05) is 6.66 Å². The molecule has 0 saturated heterocycles. The van der Waals surface area contributed by atoms with Crippen molar-refractivity contribution >= 4 is 7.14 Å². The second kappa shape index (κ2) is 5.07. The minimum absolute atomic E-state index is 0.577. The summed E-state index contributed by atoms with van der Waals surface area (Å²) in [6, 6.07) is 0. The van der Waals surface area contributed by atoms with Gasteiger partial charge < -0.3 is 4.57 Å². The molecule has 74 valence electrons. The first-order valence-electron chi connectivity index (χ1n) is 4.89. The van der Waals surface area contributed by atoms with Gasteiger partial charge in [-0.1, -0.05) is 27.7 Å². The van der Waals surface area contributed by atoms with E-state index < -0.39 is 7.14 Å². The highest BCUT2D eigenvalue weighted by atomic mass is 31.2. The Bertz CT molecular complexity index is 161. The normalized spacial score (nSPS) is 16.9. The van der Waals surface area contributed by atoms with Crippen LogP contribution in [-0.4, -0.2) is 19.0 Å². The van der Waals surface area contributed by atoms with Crippen LogP contribution in [0.25, 0.3) is 0 Å². The lowest BCUT2D eigenvalue weighted by Gasteiger charge is -2.16. The molecule has 0 aromatic rings. The highest BCUT2D eigenvalue weighted by Crippen LogP contribution is 2.44. The topological polar surface area (TPSA) is 17.1 Å². The molecule has 0 aliphatic carbocycles. The van der Waals surface area contributed by atoms with Crippen LogP contribution in [0, 0.1) is 11.8 Å². The van der Waals surface area contributed by atoms with Gasteiger partial charge in [0.2, 0.25) is 0 Å². The first-order valence-corrected chi connectivity index (χ1v) is 7.41. The smallest absolute Gasteiger partial charge is 0.0851 e. The number of rotatable bonds is 5. The average Bonchev–Trinajstić information content (AvgIpc) is 1.81. The van der Waals surface area contributed by atoms with Gasteiger partial charge in [0.1, 0.15) is 0 Å². The fourth-order valence-electron chi connectivity index (χ4n) is 1.39. The zero-order valence-corrected chi connectivity index (χ0v) is 10.0. The van der Waals surface area contributed by atoms with Gasteiger partial charge in [0.05, 0.1) is 7.14 Å². The molecule has 0 spiro atoms. The van der Waals surface area contributed by atoms with Crippen molar-refractivity contribution in [1.82, 2.24) is 0 Å². The standard InChI is InChI=1S/C10H23OP/c1-9(2)6-7-12(5,11)8-10(3)4/h9-10H,6-8H2,1-5H3. The molecule has 0 aromatic carbocycles. The molecule has 0 fully saturated rings. The van der Waals surface area contributed by atoms with E-state index in [1.165, 1.54) is 0 Å². The van der Waals surface area contributed by atoms with Crippen molar-refractivity contribution in [3.8, 4) is 0 Å². The molecule has 0 radical (unpaired) electrons. The van der Waals surface area contributed by atoms with Crippen LogP contribution in [0.5, 0.6) is 0 Å². The van der Waals surface area contributed by atoms with E-state index in [9.17, 15) is 4.57 Å². The largest absolute Gasteiger partial charge is 0.324 e. The molecule has 0 aromatic heterocycles. The van der Waals surface area contributed by atoms with Crippen molar-refractivity contribution in [2.45, 2.75) is 34.1 Å². The Labute approximate surface area is 77.3 Å². The van der Waals surface area contributed by atoms with Gasteiger partial charge in [-0.3, -0.25) is 0 Å². The molecule has 0 aliphatic heterocycles. The van der Waals surface area contributed by atoms with Gasteiger partial charge in [0.25, 0.3) is 0 Å². The maximum atomic E-state index is 11.9. The Morgan fingerprint density at radius 3 is 1.92 bits per heavy atom. The second-order valence-corrected chi connectivity index (χ2v) is 8.19. The van der Waals surface area contributed by atoms with Crippen molar-refractivity contribution in [2.24, 2.45) is 11.8 Å². The van der Waals surface area contributed by atoms with Crippen molar-refractivity contribution in [3.63, 3.8) is 0 Å². The molecule has 1 nitrogen and oxygen atoms in total. The van der Waals surface area contributed by atoms with Crippen molar-refractivity contribution in [3.05, 3.63) is 0 Å². The molecule has 0 aliphatic rings. The van der Waals surface area contributed by atoms with E-state index >= 15 is 0 Å². The van der Waals surface area contributed by atoms with Gasteiger partial charge in [-0.25, -0.2) is 0 Å². The third-order valence-electron chi connectivity index (χ3n) is 1.93. The Balaban J connectivity index is 3.80. The van der Waals surface area contributed by atoms with Crippen molar-refractivity contribution in [2.75, 3.05) is 19.0 Å². The fourth-order valence-corrected chi connectivity index (χ4v) is 4.18. The molecular formula is C10H23OP. The summed E-state index contributed by atoms with van der Waals surface area (Å²) < 4.78 is 11.9. The van der Waals surface area contributed by atoms with Crippen LogP contribution in [0.1, 0.15) is 34.1 Å². The predicted molar refractivity (Wildman–Crippen MR) is 57.6 cm³/mol. The quantitative estimate of drug-likeness (QED) is 0.604. The molecule has 2 heteroatoms. The van der Waals surface area contributed by atoms with Crippen LogP contribution in [0.15, 0.2) is 0 Å². The Hall–Kier alpha value is 0.230. The fraction of sp³-hybridized carbons (Fsp3) is 1.00. The van der Waals surface area contributed by atoms with Crippen LogP contribution in [0.3, 0.4) is 0 Å². The van der Waals surface area contributed by atoms with E-state index in [-0.39, 0.29) is 0 Å². The average molecular weight is 190 g/mol. The monoisotopic (exact) mass is 190 g/mol. The molecule has 0 bridgehead atoms. The van der Waals surface area contributed by atoms with Crippen LogP contribution in [-0.2, 0) is 4.57 Å². The lowest BCUT2D eigenvalue weighted by Crippen LogP contribution is -2.02. The third kappa shape index (κ3) is 6.91. The molecule has 0 rings (SSSR count). The molecule has 0 saturated carbocycles. The lowest BCUT2D eigenvalue weighted by atomic mass is 10.2. The predicted octanol–water partition coefficient (Wildman–Crippen LogP) is 3.68. The summed E-state index contributed by atoms with van der Waals surface area (Å²) in [7, 11) is -1.80. The van der Waals surface area contributed by atoms with Crippen LogP contribution < -0.4 is 0 Å². The molecule has 1 atom stereocenters. The SMILES string of the molecule is CC(C)CCP(C)(=O)CC(C)C. The number of hydrogen-bond acceptors (Lipinski definition) is 1. The second-order valence-electron chi connectivity index (χ2n) is 4.78. The van der Waals surface area contributed by atoms with Crippen LogP contribution in [0.4, 0.5) is 0 Å². The van der Waals surface area contributed by atoms with Gasteiger partial charge in [-0.15, -0.1) is 0 Å². The summed E-state index contributed by atoms with van der Waals surface area (Å²) in [5.74, 6) is 1.26. The van der Waals surface area contributed by atoms with E-state index in [2.05, 4.69) is 27.7 Å². The lowest BCUT2D eigenvalue weighted by molar-refractivity contribution is 0.556. The van der Waals surface area contributed by atoms with E-state index in [1.54, 1.807) is 0 Å². The highest BCUT2D eigenvalue weighted by molar-refractivity contribution is 7.63. The summed E-state index contributed by atoms with van der Waals surface area (Å²) in [5, 5.41) is 0. The Morgan fingerprint density at radius 2 is 1.58 bits per heavy atom. The summed E-state index contributed by atoms with van der Waals surface area (Å²) in [5.41, 5.74) is 0. The van der Waals surface area contributed by atoms with Gasteiger partial charge >= 0.3 is 0 Å². The maximum absolute atomic E-state index is 11.9. The van der Waals surface area contributed by atoms with E-state index in [0.29, 0.717) is 11.8 Å². The Kier molecular flexibility index (Phi) is 5.16. The maximum Gasteiger partial charge on any atom is 0.0851 e. The molecule has 0 amide bonds. The number of hydrogen-bond donors (Lipinski definition) is 0. The summed E-state index contributed by atoms with van der Waals surface area (Å²) >= 11 is 0. The Morgan fingerprint density at radius 1 is 1.08 bits per heavy atom. The summed E-state index contributed by atoms with van der Waals surface area (Å²) in [4.78, 5) is 0. The van der Waals surface area contributed by atoms with Crippen molar-refractivity contribution < 1.29 is 4.57 Å². The van der Waals surface area contributed by atoms with Crippen LogP contribution in [0.2, 0.25) is 0 Å². The van der Waals surface area contributed by atoms with Gasteiger partial charge in [-0.05, 0) is 24.9 Å². The molecular weight excluding hydrogens is 167 g/mol. The van der Waals surface area contributed by atoms with Crippen LogP contribution >= 0.6 is 7.14 Å². The first-order chi connectivity index (χ1) is 5.33. The minimum atomic E-state index is -1.80. The van der Waals surface area contributed by atoms with E-state index in [0.717, 1.165) is 18.7 Å². The summed E-state index contributed by atoms with van der Waals surface area (Å²) in [6.07, 6.45) is 2.96. The summed E-state index contributed by atoms with van der Waals surface area (Å²) in [6.45, 7) is 10.6. The van der Waals surface area contributed by atoms with E-state index in [4.69, 9.17) is 0 Å². The first kappa shape index (κ1) is 12.2. The molecule has 0 N–H and O–H groups in total. The zero-order chi connectivity index (χ0) is 9.78. The third-order valence-corrected chi connectivity index (χ3v) is 4.64. The van der Waals surface area contributed by atoms with Gasteiger partial charge in [-0.2, -0.15) is 0 Å². The highest BCUT2D eigenvalue weighted by Gasteiger charge is 2.16. The van der Waals surface area contributed by atoms with Gasteiger partial charge in [0.15, 0.2) is 0 Å². The molecule has 1 unspecified atom stereocenters. The molecule has 0 heterocycles. The molecule has 12 heavy (non-hydrogen) atoms. The van der Waals surface area contributed by atoms with Crippen molar-refractivity contribution in [1.29, 1.82) is 0 Å². The zero-order valence-electron chi connectivity index (χ0n) is 9.13. The van der Waals surface area contributed by atoms with Gasteiger partial charge in [0, 0.05) is 12.3 Å². The minimum Gasteiger partial charge on any atom is -0.324 e.